The van der Waals surface area contributed by atoms with Crippen LogP contribution in [0.2, 0.25) is 0 Å². The number of benzene rings is 1. The van der Waals surface area contributed by atoms with E-state index in [0.717, 1.165) is 19.4 Å². The molecule has 0 fully saturated rings. The van der Waals surface area contributed by atoms with Gasteiger partial charge in [-0.2, -0.15) is 11.3 Å². The van der Waals surface area contributed by atoms with Crippen molar-refractivity contribution in [2.75, 3.05) is 6.54 Å². The van der Waals surface area contributed by atoms with Gasteiger partial charge in [0.15, 0.2) is 0 Å². The zero-order valence-corrected chi connectivity index (χ0v) is 12.9. The first kappa shape index (κ1) is 15.2. The van der Waals surface area contributed by atoms with E-state index in [-0.39, 0.29) is 5.82 Å². The summed E-state index contributed by atoms with van der Waals surface area (Å²) in [6, 6.07) is 9.57. The van der Waals surface area contributed by atoms with Gasteiger partial charge in [0.1, 0.15) is 5.82 Å². The van der Waals surface area contributed by atoms with Gasteiger partial charge >= 0.3 is 0 Å². The van der Waals surface area contributed by atoms with Crippen molar-refractivity contribution in [1.82, 2.24) is 5.32 Å². The number of hydrogen-bond acceptors (Lipinski definition) is 2. The van der Waals surface area contributed by atoms with Crippen molar-refractivity contribution in [2.45, 2.75) is 32.7 Å². The maximum atomic E-state index is 13.0. The molecule has 1 heterocycles. The molecule has 0 saturated heterocycles. The number of rotatable bonds is 7. The highest BCUT2D eigenvalue weighted by Gasteiger charge is 2.12. The van der Waals surface area contributed by atoms with E-state index in [1.54, 1.807) is 23.5 Å². The van der Waals surface area contributed by atoms with Crippen molar-refractivity contribution in [3.63, 3.8) is 0 Å². The Balaban J connectivity index is 1.99. The Morgan fingerprint density at radius 3 is 2.35 bits per heavy atom. The molecule has 1 nitrogen and oxygen atoms in total. The molecule has 3 heteroatoms. The van der Waals surface area contributed by atoms with E-state index in [1.165, 1.54) is 11.1 Å². The molecule has 0 saturated carbocycles. The van der Waals surface area contributed by atoms with Crippen LogP contribution in [0.1, 0.15) is 25.0 Å². The molecule has 2 rings (SSSR count). The smallest absolute Gasteiger partial charge is 0.123 e. The van der Waals surface area contributed by atoms with Crippen LogP contribution in [0.5, 0.6) is 0 Å². The first-order valence-corrected chi connectivity index (χ1v) is 8.06. The third-order valence-corrected chi connectivity index (χ3v) is 4.09. The quantitative estimate of drug-likeness (QED) is 0.802. The topological polar surface area (TPSA) is 12.0 Å². The molecule has 0 aliphatic heterocycles. The average Bonchev–Trinajstić information content (AvgIpc) is 2.91. The maximum absolute atomic E-state index is 13.0. The monoisotopic (exact) mass is 291 g/mol. The van der Waals surface area contributed by atoms with Gasteiger partial charge in [0, 0.05) is 6.04 Å². The lowest BCUT2D eigenvalue weighted by molar-refractivity contribution is 0.444. The Hall–Kier alpha value is -1.19. The Morgan fingerprint density at radius 1 is 1.05 bits per heavy atom. The predicted molar refractivity (Wildman–Crippen MR) is 84.8 cm³/mol. The van der Waals surface area contributed by atoms with E-state index < -0.39 is 0 Å². The van der Waals surface area contributed by atoms with Crippen molar-refractivity contribution < 1.29 is 4.39 Å². The van der Waals surface area contributed by atoms with Crippen molar-refractivity contribution in [3.8, 4) is 0 Å². The van der Waals surface area contributed by atoms with Crippen LogP contribution in [-0.4, -0.2) is 12.6 Å². The largest absolute Gasteiger partial charge is 0.314 e. The van der Waals surface area contributed by atoms with Crippen LogP contribution in [0, 0.1) is 11.7 Å². The number of hydrogen-bond donors (Lipinski definition) is 1. The van der Waals surface area contributed by atoms with Gasteiger partial charge in [-0.3, -0.25) is 0 Å². The minimum Gasteiger partial charge on any atom is -0.314 e. The molecule has 0 spiro atoms. The number of thiophene rings is 1. The van der Waals surface area contributed by atoms with Gasteiger partial charge in [-0.25, -0.2) is 4.39 Å². The second kappa shape index (κ2) is 7.55. The summed E-state index contributed by atoms with van der Waals surface area (Å²) in [6.07, 6.45) is 2.05. The average molecular weight is 291 g/mol. The van der Waals surface area contributed by atoms with Crippen LogP contribution < -0.4 is 5.32 Å². The summed E-state index contributed by atoms with van der Waals surface area (Å²) in [4.78, 5) is 0. The zero-order chi connectivity index (χ0) is 14.4. The van der Waals surface area contributed by atoms with Crippen molar-refractivity contribution in [1.29, 1.82) is 0 Å². The van der Waals surface area contributed by atoms with Crippen molar-refractivity contribution in [2.24, 2.45) is 5.92 Å². The van der Waals surface area contributed by atoms with Crippen molar-refractivity contribution >= 4 is 11.3 Å². The molecule has 0 aliphatic rings. The highest BCUT2D eigenvalue weighted by molar-refractivity contribution is 7.07. The summed E-state index contributed by atoms with van der Waals surface area (Å²) >= 11 is 1.74. The van der Waals surface area contributed by atoms with Crippen LogP contribution in [-0.2, 0) is 12.8 Å². The van der Waals surface area contributed by atoms with E-state index in [9.17, 15) is 4.39 Å². The fraction of sp³-hybridized carbons (Fsp3) is 0.412. The second-order valence-corrected chi connectivity index (χ2v) is 6.38. The van der Waals surface area contributed by atoms with Crippen LogP contribution in [0.15, 0.2) is 41.1 Å². The van der Waals surface area contributed by atoms with E-state index in [4.69, 9.17) is 0 Å². The summed E-state index contributed by atoms with van der Waals surface area (Å²) in [7, 11) is 0. The van der Waals surface area contributed by atoms with Crippen LogP contribution in [0.3, 0.4) is 0 Å². The summed E-state index contributed by atoms with van der Waals surface area (Å²) < 4.78 is 13.0. The number of halogens is 1. The van der Waals surface area contributed by atoms with Gasteiger partial charge in [0.2, 0.25) is 0 Å². The van der Waals surface area contributed by atoms with Gasteiger partial charge in [-0.15, -0.1) is 0 Å². The predicted octanol–water partition coefficient (Wildman–Crippen LogP) is 4.29. The van der Waals surface area contributed by atoms with Gasteiger partial charge in [0.05, 0.1) is 0 Å². The summed E-state index contributed by atoms with van der Waals surface area (Å²) in [5.41, 5.74) is 2.60. The molecule has 1 aromatic heterocycles. The van der Waals surface area contributed by atoms with E-state index in [0.29, 0.717) is 12.0 Å². The second-order valence-electron chi connectivity index (χ2n) is 5.60. The van der Waals surface area contributed by atoms with Crippen LogP contribution >= 0.6 is 11.3 Å². The van der Waals surface area contributed by atoms with Gasteiger partial charge in [-0.1, -0.05) is 26.0 Å². The fourth-order valence-corrected chi connectivity index (χ4v) is 3.00. The Morgan fingerprint density at radius 2 is 1.75 bits per heavy atom. The molecule has 1 atom stereocenters. The molecule has 1 N–H and O–H groups in total. The molecule has 0 radical (unpaired) electrons. The van der Waals surface area contributed by atoms with Gasteiger partial charge < -0.3 is 5.32 Å². The third-order valence-electron chi connectivity index (χ3n) is 3.36. The standard InChI is InChI=1S/C17H22FNS/c1-13(2)19-11-16(10-15-7-8-20-12-15)9-14-3-5-17(18)6-4-14/h3-8,12-13,16,19H,9-11H2,1-2H3. The molecule has 2 aromatic rings. The highest BCUT2D eigenvalue weighted by Crippen LogP contribution is 2.17. The molecular weight excluding hydrogens is 269 g/mol. The lowest BCUT2D eigenvalue weighted by Crippen LogP contribution is -2.31. The lowest BCUT2D eigenvalue weighted by atomic mass is 9.93. The fourth-order valence-electron chi connectivity index (χ4n) is 2.31. The molecule has 0 amide bonds. The maximum Gasteiger partial charge on any atom is 0.123 e. The van der Waals surface area contributed by atoms with Crippen molar-refractivity contribution in [3.05, 3.63) is 58.0 Å². The molecule has 0 aliphatic carbocycles. The van der Waals surface area contributed by atoms with Crippen LogP contribution in [0.4, 0.5) is 4.39 Å². The third kappa shape index (κ3) is 5.06. The zero-order valence-electron chi connectivity index (χ0n) is 12.1. The van der Waals surface area contributed by atoms with Crippen LogP contribution in [0.25, 0.3) is 0 Å². The van der Waals surface area contributed by atoms with Gasteiger partial charge in [-0.05, 0) is 65.4 Å². The Labute approximate surface area is 124 Å². The summed E-state index contributed by atoms with van der Waals surface area (Å²) in [5.74, 6) is 0.376. The first-order valence-electron chi connectivity index (χ1n) is 7.12. The lowest BCUT2D eigenvalue weighted by Gasteiger charge is -2.19. The molecular formula is C17H22FNS. The van der Waals surface area contributed by atoms with E-state index in [2.05, 4.69) is 36.0 Å². The Bertz CT molecular complexity index is 490. The van der Waals surface area contributed by atoms with Gasteiger partial charge in [0.25, 0.3) is 0 Å². The summed E-state index contributed by atoms with van der Waals surface area (Å²) in [6.45, 7) is 5.32. The van der Waals surface area contributed by atoms with E-state index >= 15 is 0 Å². The normalized spacial score (nSPS) is 12.8. The molecule has 1 aromatic carbocycles. The molecule has 108 valence electrons. The summed E-state index contributed by atoms with van der Waals surface area (Å²) in [5, 5.41) is 7.86. The molecule has 20 heavy (non-hydrogen) atoms. The SMILES string of the molecule is CC(C)NCC(Cc1ccc(F)cc1)Cc1ccsc1. The minimum atomic E-state index is -0.163. The minimum absolute atomic E-state index is 0.163. The molecule has 1 unspecified atom stereocenters. The number of nitrogens with one attached hydrogen (secondary N) is 1. The molecule has 0 bridgehead atoms. The first-order chi connectivity index (χ1) is 9.63. The Kier molecular flexibility index (Phi) is 5.74. The van der Waals surface area contributed by atoms with E-state index in [1.807, 2.05) is 12.1 Å². The highest BCUT2D eigenvalue weighted by atomic mass is 32.1.